The van der Waals surface area contributed by atoms with E-state index in [0.717, 1.165) is 26.2 Å². The lowest BCUT2D eigenvalue weighted by Gasteiger charge is -2.24. The molecule has 2 amide bonds. The molecule has 2 aromatic carbocycles. The summed E-state index contributed by atoms with van der Waals surface area (Å²) in [4.78, 5) is 28.9. The maximum atomic E-state index is 12.7. The molecule has 0 unspecified atom stereocenters. The van der Waals surface area contributed by atoms with Gasteiger partial charge in [-0.1, -0.05) is 36.4 Å². The molecule has 0 spiro atoms. The number of likely N-dealkylation sites (N-methyl/N-ethyl adjacent to an activating group) is 1. The summed E-state index contributed by atoms with van der Waals surface area (Å²) in [5, 5.41) is 10.3. The van der Waals surface area contributed by atoms with Crippen molar-refractivity contribution < 1.29 is 9.59 Å². The first-order valence-corrected chi connectivity index (χ1v) is 10.5. The van der Waals surface area contributed by atoms with Gasteiger partial charge in [0.2, 0.25) is 0 Å². The van der Waals surface area contributed by atoms with Crippen molar-refractivity contribution in [2.24, 2.45) is 0 Å². The van der Waals surface area contributed by atoms with Crippen LogP contribution in [0, 0.1) is 11.3 Å². The summed E-state index contributed by atoms with van der Waals surface area (Å²) in [5.74, 6) is -0.965. The average molecular weight is 426 g/mol. The first-order chi connectivity index (χ1) is 15.0. The van der Waals surface area contributed by atoms with Crippen molar-refractivity contribution in [1.82, 2.24) is 4.90 Å². The number of hydrogen-bond donors (Lipinski definition) is 0. The molecule has 0 N–H and O–H groups in total. The Morgan fingerprint density at radius 3 is 2.03 bits per heavy atom. The van der Waals surface area contributed by atoms with E-state index in [1.807, 2.05) is 78.9 Å². The number of para-hydroxylation sites is 2. The molecule has 0 saturated carbocycles. The third-order valence-electron chi connectivity index (χ3n) is 5.09. The van der Waals surface area contributed by atoms with Gasteiger partial charge in [-0.15, -0.1) is 11.3 Å². The van der Waals surface area contributed by atoms with Gasteiger partial charge < -0.3 is 4.90 Å². The molecular weight excluding hydrogens is 406 g/mol. The number of nitriles is 1. The molecule has 6 heteroatoms. The normalized spacial score (nSPS) is 15.4. The van der Waals surface area contributed by atoms with Crippen LogP contribution in [0.5, 0.6) is 0 Å². The quantitative estimate of drug-likeness (QED) is 0.412. The Kier molecular flexibility index (Phi) is 5.52. The van der Waals surface area contributed by atoms with Gasteiger partial charge in [0.05, 0.1) is 0 Å². The highest BCUT2D eigenvalue weighted by atomic mass is 32.1. The Hall–Kier alpha value is -3.95. The summed E-state index contributed by atoms with van der Waals surface area (Å²) in [7, 11) is 1.40. The maximum absolute atomic E-state index is 12.7. The molecule has 0 bridgehead atoms. The lowest BCUT2D eigenvalue weighted by molar-refractivity contribution is -0.138. The summed E-state index contributed by atoms with van der Waals surface area (Å²) >= 11 is 1.53. The number of benzene rings is 2. The fraction of sp³-hybridized carbons (Fsp3) is 0.0800. The molecule has 31 heavy (non-hydrogen) atoms. The smallest absolute Gasteiger partial charge is 0.271 e. The van der Waals surface area contributed by atoms with Crippen LogP contribution in [0.3, 0.4) is 0 Å². The maximum Gasteiger partial charge on any atom is 0.271 e. The largest absolute Gasteiger partial charge is 0.302 e. The van der Waals surface area contributed by atoms with Crippen LogP contribution in [-0.4, -0.2) is 23.8 Å². The fourth-order valence-electron chi connectivity index (χ4n) is 3.44. The first kappa shape index (κ1) is 20.3. The van der Waals surface area contributed by atoms with Crippen LogP contribution in [-0.2, 0) is 9.59 Å². The van der Waals surface area contributed by atoms with Crippen molar-refractivity contribution in [3.63, 3.8) is 0 Å². The first-order valence-electron chi connectivity index (χ1n) is 9.66. The van der Waals surface area contributed by atoms with E-state index in [9.17, 15) is 14.9 Å². The number of amides is 2. The van der Waals surface area contributed by atoms with E-state index in [2.05, 4.69) is 4.90 Å². The van der Waals surface area contributed by atoms with Gasteiger partial charge in [0, 0.05) is 28.9 Å². The number of imide groups is 1. The Morgan fingerprint density at radius 1 is 0.903 bits per heavy atom. The van der Waals surface area contributed by atoms with Crippen molar-refractivity contribution in [2.75, 3.05) is 11.9 Å². The molecule has 0 atom stereocenters. The molecule has 0 saturated heterocycles. The van der Waals surface area contributed by atoms with E-state index >= 15 is 0 Å². The van der Waals surface area contributed by atoms with Crippen molar-refractivity contribution in [2.45, 2.75) is 6.92 Å². The van der Waals surface area contributed by atoms with Crippen LogP contribution < -0.4 is 4.90 Å². The molecule has 3 aromatic rings. The molecule has 152 valence electrons. The minimum absolute atomic E-state index is 0.000303. The summed E-state index contributed by atoms with van der Waals surface area (Å²) < 4.78 is 0. The molecule has 4 rings (SSSR count). The molecule has 1 aromatic heterocycles. The van der Waals surface area contributed by atoms with Gasteiger partial charge >= 0.3 is 0 Å². The second kappa shape index (κ2) is 8.42. The van der Waals surface area contributed by atoms with E-state index in [0.29, 0.717) is 11.1 Å². The Bertz CT molecular complexity index is 1210. The molecule has 0 radical (unpaired) electrons. The number of rotatable bonds is 4. The minimum Gasteiger partial charge on any atom is -0.302 e. The van der Waals surface area contributed by atoms with E-state index in [1.54, 1.807) is 13.0 Å². The number of thiophene rings is 1. The SMILES string of the molecule is CC1=C(C#N)C(=O)N(C)C(=O)/C1=C/c1ccc(N(c2ccccc2)c2ccccc2)s1. The van der Waals surface area contributed by atoms with Gasteiger partial charge in [0.15, 0.2) is 0 Å². The standard InChI is InChI=1S/C25H19N3O2S/c1-17-21(24(29)27(2)25(30)22(17)16-26)15-20-13-14-23(31-20)28(18-9-5-3-6-10-18)19-11-7-4-8-12-19/h3-15H,1-2H3/b21-15+. The average Bonchev–Trinajstić information content (AvgIpc) is 3.25. The summed E-state index contributed by atoms with van der Waals surface area (Å²) in [6, 6.07) is 26.0. The van der Waals surface area contributed by atoms with Gasteiger partial charge in [-0.25, -0.2) is 0 Å². The van der Waals surface area contributed by atoms with Gasteiger partial charge in [-0.3, -0.25) is 14.5 Å². The number of carbonyl (C=O) groups excluding carboxylic acids is 2. The van der Waals surface area contributed by atoms with E-state index in [-0.39, 0.29) is 5.57 Å². The number of hydrogen-bond acceptors (Lipinski definition) is 5. The van der Waals surface area contributed by atoms with Crippen LogP contribution in [0.4, 0.5) is 16.4 Å². The summed E-state index contributed by atoms with van der Waals surface area (Å²) in [6.07, 6.45) is 1.75. The zero-order chi connectivity index (χ0) is 22.0. The predicted octanol–water partition coefficient (Wildman–Crippen LogP) is 5.44. The number of anilines is 3. The second-order valence-electron chi connectivity index (χ2n) is 7.02. The Labute approximate surface area is 184 Å². The highest BCUT2D eigenvalue weighted by Crippen LogP contribution is 2.39. The third kappa shape index (κ3) is 3.79. The Balaban J connectivity index is 1.78. The van der Waals surface area contributed by atoms with Crippen LogP contribution >= 0.6 is 11.3 Å². The summed E-state index contributed by atoms with van der Waals surface area (Å²) in [6.45, 7) is 1.64. The van der Waals surface area contributed by atoms with Crippen molar-refractivity contribution in [3.05, 3.63) is 94.4 Å². The van der Waals surface area contributed by atoms with Gasteiger partial charge in [-0.2, -0.15) is 5.26 Å². The second-order valence-corrected chi connectivity index (χ2v) is 8.12. The third-order valence-corrected chi connectivity index (χ3v) is 6.11. The van der Waals surface area contributed by atoms with Gasteiger partial charge in [-0.05, 0) is 55.0 Å². The monoisotopic (exact) mass is 425 g/mol. The molecular formula is C25H19N3O2S. The van der Waals surface area contributed by atoms with Gasteiger partial charge in [0.25, 0.3) is 11.8 Å². The fourth-order valence-corrected chi connectivity index (χ4v) is 4.43. The van der Waals surface area contributed by atoms with Crippen molar-refractivity contribution in [1.29, 1.82) is 5.26 Å². The molecule has 2 heterocycles. The van der Waals surface area contributed by atoms with Gasteiger partial charge in [0.1, 0.15) is 16.6 Å². The lowest BCUT2D eigenvalue weighted by Crippen LogP contribution is -2.39. The number of carbonyl (C=O) groups is 2. The molecule has 1 aliphatic heterocycles. The number of nitrogens with zero attached hydrogens (tertiary/aromatic N) is 3. The summed E-state index contributed by atoms with van der Waals surface area (Å²) in [5.41, 5.74) is 2.82. The highest BCUT2D eigenvalue weighted by molar-refractivity contribution is 7.17. The van der Waals surface area contributed by atoms with Crippen LogP contribution in [0.1, 0.15) is 11.8 Å². The zero-order valence-corrected chi connectivity index (χ0v) is 17.9. The van der Waals surface area contributed by atoms with E-state index < -0.39 is 11.8 Å². The van der Waals surface area contributed by atoms with E-state index in [4.69, 9.17) is 0 Å². The topological polar surface area (TPSA) is 64.4 Å². The predicted molar refractivity (Wildman–Crippen MR) is 123 cm³/mol. The van der Waals surface area contributed by atoms with E-state index in [1.165, 1.54) is 18.4 Å². The minimum atomic E-state index is -0.562. The highest BCUT2D eigenvalue weighted by Gasteiger charge is 2.32. The molecule has 0 fully saturated rings. The molecule has 5 nitrogen and oxygen atoms in total. The molecule has 1 aliphatic rings. The Morgan fingerprint density at radius 2 is 1.48 bits per heavy atom. The van der Waals surface area contributed by atoms with Crippen molar-refractivity contribution in [3.8, 4) is 6.07 Å². The zero-order valence-electron chi connectivity index (χ0n) is 17.1. The van der Waals surface area contributed by atoms with Crippen LogP contribution in [0.2, 0.25) is 0 Å². The van der Waals surface area contributed by atoms with Crippen molar-refractivity contribution >= 4 is 45.6 Å². The van der Waals surface area contributed by atoms with Crippen LogP contribution in [0.15, 0.2) is 89.5 Å². The van der Waals surface area contributed by atoms with Crippen LogP contribution in [0.25, 0.3) is 6.08 Å². The lowest BCUT2D eigenvalue weighted by atomic mass is 9.95. The molecule has 0 aliphatic carbocycles.